The summed E-state index contributed by atoms with van der Waals surface area (Å²) in [7, 11) is 1.57. The van der Waals surface area contributed by atoms with Crippen LogP contribution in [0.4, 0.5) is 4.39 Å². The number of benzene rings is 2. The molecular formula is C30H32FN7O3. The number of nitrogens with one attached hydrogen (secondary N) is 1. The fraction of sp³-hybridized carbons (Fsp3) is 0.333. The molecule has 1 N–H and O–H groups in total. The molecule has 1 aliphatic carbocycles. The van der Waals surface area contributed by atoms with E-state index >= 15 is 0 Å². The van der Waals surface area contributed by atoms with Crippen molar-refractivity contribution in [2.75, 3.05) is 7.11 Å². The van der Waals surface area contributed by atoms with Gasteiger partial charge >= 0.3 is 0 Å². The van der Waals surface area contributed by atoms with E-state index in [0.29, 0.717) is 11.3 Å². The van der Waals surface area contributed by atoms with Gasteiger partial charge in [-0.3, -0.25) is 14.6 Å². The number of nitrogens with zero attached hydrogens (tertiary/aromatic N) is 6. The van der Waals surface area contributed by atoms with Gasteiger partial charge in [-0.25, -0.2) is 4.39 Å². The topological polar surface area (TPSA) is 115 Å². The zero-order valence-corrected chi connectivity index (χ0v) is 22.8. The van der Waals surface area contributed by atoms with Crippen molar-refractivity contribution >= 4 is 11.8 Å². The first kappa shape index (κ1) is 27.9. The summed E-state index contributed by atoms with van der Waals surface area (Å²) in [6.07, 6.45) is 8.27. The maximum absolute atomic E-state index is 14.3. The molecule has 1 saturated carbocycles. The number of hydrogen-bond acceptors (Lipinski definition) is 7. The highest BCUT2D eigenvalue weighted by molar-refractivity contribution is 5.88. The SMILES string of the molecule is COc1cccc(CN(C(=O)Cn2nnc(-c3ccccc3F)n2)[C@@H](C(=O)NC2CCCCC2)c2ccncc2)c1. The van der Waals surface area contributed by atoms with Gasteiger partial charge in [-0.15, -0.1) is 10.2 Å². The second kappa shape index (κ2) is 13.1. The number of rotatable bonds is 10. The Labute approximate surface area is 237 Å². The molecule has 2 amide bonds. The molecule has 0 unspecified atom stereocenters. The number of carbonyl (C=O) groups excluding carboxylic acids is 2. The molecule has 0 saturated heterocycles. The average molecular weight is 558 g/mol. The first-order valence-electron chi connectivity index (χ1n) is 13.7. The number of methoxy groups -OCH3 is 1. The third-order valence-electron chi connectivity index (χ3n) is 7.19. The minimum Gasteiger partial charge on any atom is -0.497 e. The van der Waals surface area contributed by atoms with Gasteiger partial charge in [0.05, 0.1) is 12.7 Å². The fourth-order valence-corrected chi connectivity index (χ4v) is 5.11. The van der Waals surface area contributed by atoms with Crippen molar-refractivity contribution in [2.45, 2.75) is 57.3 Å². The second-order valence-corrected chi connectivity index (χ2v) is 10.0. The molecular weight excluding hydrogens is 525 g/mol. The zero-order valence-electron chi connectivity index (χ0n) is 22.8. The Morgan fingerprint density at radius 3 is 2.61 bits per heavy atom. The largest absolute Gasteiger partial charge is 0.497 e. The van der Waals surface area contributed by atoms with E-state index in [1.54, 1.807) is 49.8 Å². The smallest absolute Gasteiger partial charge is 0.247 e. The molecule has 4 aromatic rings. The number of pyridine rings is 1. The van der Waals surface area contributed by atoms with E-state index in [1.807, 2.05) is 24.3 Å². The van der Waals surface area contributed by atoms with Crippen LogP contribution in [0.3, 0.4) is 0 Å². The lowest BCUT2D eigenvalue weighted by atomic mass is 9.94. The molecule has 1 atom stereocenters. The van der Waals surface area contributed by atoms with Crippen LogP contribution >= 0.6 is 0 Å². The maximum Gasteiger partial charge on any atom is 0.247 e. The van der Waals surface area contributed by atoms with E-state index in [1.165, 1.54) is 11.0 Å². The van der Waals surface area contributed by atoms with Gasteiger partial charge in [-0.2, -0.15) is 4.80 Å². The lowest BCUT2D eigenvalue weighted by molar-refractivity contribution is -0.142. The number of aromatic nitrogens is 5. The summed E-state index contributed by atoms with van der Waals surface area (Å²) in [5.41, 5.74) is 1.59. The zero-order chi connectivity index (χ0) is 28.6. The number of amides is 2. The van der Waals surface area contributed by atoms with Crippen LogP contribution in [0.15, 0.2) is 73.1 Å². The van der Waals surface area contributed by atoms with E-state index < -0.39 is 17.8 Å². The van der Waals surface area contributed by atoms with Crippen molar-refractivity contribution in [3.63, 3.8) is 0 Å². The first-order valence-corrected chi connectivity index (χ1v) is 13.7. The number of ether oxygens (including phenoxy) is 1. The minimum atomic E-state index is -0.937. The molecule has 10 nitrogen and oxygen atoms in total. The van der Waals surface area contributed by atoms with Crippen molar-refractivity contribution in [1.29, 1.82) is 0 Å². The Morgan fingerprint density at radius 1 is 1.07 bits per heavy atom. The predicted molar refractivity (Wildman–Crippen MR) is 149 cm³/mol. The molecule has 41 heavy (non-hydrogen) atoms. The number of tetrazole rings is 1. The molecule has 0 bridgehead atoms. The highest BCUT2D eigenvalue weighted by Crippen LogP contribution is 2.27. The van der Waals surface area contributed by atoms with Crippen molar-refractivity contribution in [2.24, 2.45) is 0 Å². The summed E-state index contributed by atoms with van der Waals surface area (Å²) in [5.74, 6) is -0.468. The summed E-state index contributed by atoms with van der Waals surface area (Å²) in [6, 6.07) is 16.0. The molecule has 0 aliphatic heterocycles. The average Bonchev–Trinajstić information content (AvgIpc) is 3.46. The monoisotopic (exact) mass is 557 g/mol. The van der Waals surface area contributed by atoms with E-state index in [-0.39, 0.29) is 36.4 Å². The summed E-state index contributed by atoms with van der Waals surface area (Å²) in [5, 5.41) is 15.4. The van der Waals surface area contributed by atoms with Crippen LogP contribution in [0.25, 0.3) is 11.4 Å². The van der Waals surface area contributed by atoms with Crippen LogP contribution in [0.2, 0.25) is 0 Å². The normalized spacial score (nSPS) is 14.3. The summed E-state index contributed by atoms with van der Waals surface area (Å²) >= 11 is 0. The Morgan fingerprint density at radius 2 is 1.85 bits per heavy atom. The Bertz CT molecular complexity index is 1470. The van der Waals surface area contributed by atoms with Crippen molar-refractivity contribution in [3.05, 3.63) is 90.0 Å². The fourth-order valence-electron chi connectivity index (χ4n) is 5.11. The number of hydrogen-bond donors (Lipinski definition) is 1. The highest BCUT2D eigenvalue weighted by Gasteiger charge is 2.33. The third kappa shape index (κ3) is 6.92. The molecule has 212 valence electrons. The van der Waals surface area contributed by atoms with E-state index in [2.05, 4.69) is 25.7 Å². The molecule has 2 heterocycles. The standard InChI is InChI=1S/C30H32FN7O3/c1-41-24-11-7-8-21(18-24)19-37(27(39)20-38-35-29(34-36-38)25-12-5-6-13-26(25)31)28(22-14-16-32-17-15-22)30(40)33-23-9-3-2-4-10-23/h5-8,11-18,23,28H,2-4,9-10,19-20H2,1H3,(H,33,40)/t28-/m1/s1. The Balaban J connectivity index is 1.47. The quantitative estimate of drug-likeness (QED) is 0.312. The molecule has 0 spiro atoms. The van der Waals surface area contributed by atoms with Gasteiger partial charge in [0, 0.05) is 25.0 Å². The van der Waals surface area contributed by atoms with Gasteiger partial charge in [-0.1, -0.05) is 43.5 Å². The van der Waals surface area contributed by atoms with Crippen LogP contribution in [0.5, 0.6) is 5.75 Å². The van der Waals surface area contributed by atoms with Crippen LogP contribution < -0.4 is 10.1 Å². The van der Waals surface area contributed by atoms with Crippen LogP contribution in [-0.2, 0) is 22.7 Å². The summed E-state index contributed by atoms with van der Waals surface area (Å²) in [6.45, 7) is -0.181. The van der Waals surface area contributed by atoms with Gasteiger partial charge < -0.3 is 15.0 Å². The molecule has 11 heteroatoms. The van der Waals surface area contributed by atoms with Crippen molar-refractivity contribution < 1.29 is 18.7 Å². The van der Waals surface area contributed by atoms with Crippen LogP contribution in [-0.4, -0.2) is 55.1 Å². The van der Waals surface area contributed by atoms with E-state index in [0.717, 1.165) is 42.5 Å². The number of halogens is 1. The Kier molecular flexibility index (Phi) is 8.92. The van der Waals surface area contributed by atoms with Gasteiger partial charge in [0.15, 0.2) is 0 Å². The van der Waals surface area contributed by atoms with Gasteiger partial charge in [-0.05, 0) is 65.6 Å². The lowest BCUT2D eigenvalue weighted by Gasteiger charge is -2.33. The second-order valence-electron chi connectivity index (χ2n) is 10.0. The van der Waals surface area contributed by atoms with Crippen molar-refractivity contribution in [3.8, 4) is 17.1 Å². The summed E-state index contributed by atoms with van der Waals surface area (Å²) in [4.78, 5) is 34.6. The molecule has 2 aromatic carbocycles. The molecule has 1 aliphatic rings. The molecule has 2 aromatic heterocycles. The van der Waals surface area contributed by atoms with E-state index in [4.69, 9.17) is 4.74 Å². The molecule has 5 rings (SSSR count). The van der Waals surface area contributed by atoms with Crippen LogP contribution in [0, 0.1) is 5.82 Å². The third-order valence-corrected chi connectivity index (χ3v) is 7.19. The van der Waals surface area contributed by atoms with Gasteiger partial charge in [0.1, 0.15) is 24.2 Å². The van der Waals surface area contributed by atoms with Gasteiger partial charge in [0.2, 0.25) is 17.6 Å². The predicted octanol–water partition coefficient (Wildman–Crippen LogP) is 4.10. The molecule has 0 radical (unpaired) electrons. The first-order chi connectivity index (χ1) is 20.0. The minimum absolute atomic E-state index is 0.0506. The van der Waals surface area contributed by atoms with E-state index in [9.17, 15) is 14.0 Å². The molecule has 1 fully saturated rings. The Hall–Kier alpha value is -4.67. The van der Waals surface area contributed by atoms with Crippen LogP contribution in [0.1, 0.15) is 49.3 Å². The highest BCUT2D eigenvalue weighted by atomic mass is 19.1. The maximum atomic E-state index is 14.3. The number of carbonyl (C=O) groups is 2. The summed E-state index contributed by atoms with van der Waals surface area (Å²) < 4.78 is 19.7. The lowest BCUT2D eigenvalue weighted by Crippen LogP contribution is -2.47. The van der Waals surface area contributed by atoms with Gasteiger partial charge in [0.25, 0.3) is 0 Å². The van der Waals surface area contributed by atoms with Crippen molar-refractivity contribution in [1.82, 2.24) is 35.4 Å².